The summed E-state index contributed by atoms with van der Waals surface area (Å²) in [6.45, 7) is 6.35. The van der Waals surface area contributed by atoms with Crippen molar-refractivity contribution in [3.05, 3.63) is 46.9 Å². The van der Waals surface area contributed by atoms with Gasteiger partial charge in [-0.25, -0.2) is 14.2 Å². The highest BCUT2D eigenvalue weighted by atomic mass is 19.1. The molecule has 1 amide bonds. The summed E-state index contributed by atoms with van der Waals surface area (Å²) in [4.78, 5) is 31.4. The van der Waals surface area contributed by atoms with Gasteiger partial charge in [-0.3, -0.25) is 9.36 Å². The standard InChI is InChI=1S/C23H26FN5O4/c1-23(2,3)33-22(31)28-7-5-16(6-8-28)29-13-25-18-10-14(9-17(24)20(18)21(29)30)15-11-19(32-4)27-26-12-15/h9-13,16H,5-8H2,1-4H3. The third kappa shape index (κ3) is 4.79. The average molecular weight is 455 g/mol. The molecule has 33 heavy (non-hydrogen) atoms. The number of ether oxygens (including phenoxy) is 2. The lowest BCUT2D eigenvalue weighted by Gasteiger charge is -2.34. The van der Waals surface area contributed by atoms with Crippen molar-refractivity contribution in [1.29, 1.82) is 0 Å². The van der Waals surface area contributed by atoms with Crippen LogP contribution >= 0.6 is 0 Å². The first-order chi connectivity index (χ1) is 15.7. The molecule has 0 saturated carbocycles. The first-order valence-corrected chi connectivity index (χ1v) is 10.7. The summed E-state index contributed by atoms with van der Waals surface area (Å²) in [7, 11) is 1.47. The summed E-state index contributed by atoms with van der Waals surface area (Å²) >= 11 is 0. The number of hydrogen-bond donors (Lipinski definition) is 0. The molecule has 1 aliphatic heterocycles. The lowest BCUT2D eigenvalue weighted by molar-refractivity contribution is 0.0187. The topological polar surface area (TPSA) is 99.4 Å². The van der Waals surface area contributed by atoms with Gasteiger partial charge in [0.25, 0.3) is 5.56 Å². The van der Waals surface area contributed by atoms with E-state index < -0.39 is 17.0 Å². The molecule has 1 aromatic carbocycles. The Balaban J connectivity index is 1.58. The summed E-state index contributed by atoms with van der Waals surface area (Å²) in [5, 5.41) is 7.60. The normalized spacial score (nSPS) is 15.0. The van der Waals surface area contributed by atoms with Crippen molar-refractivity contribution < 1.29 is 18.7 Å². The molecule has 0 bridgehead atoms. The molecular weight excluding hydrogens is 429 g/mol. The smallest absolute Gasteiger partial charge is 0.410 e. The van der Waals surface area contributed by atoms with Gasteiger partial charge in [-0.2, -0.15) is 5.10 Å². The third-order valence-corrected chi connectivity index (χ3v) is 5.52. The quantitative estimate of drug-likeness (QED) is 0.595. The monoisotopic (exact) mass is 455 g/mol. The third-order valence-electron chi connectivity index (χ3n) is 5.52. The van der Waals surface area contributed by atoms with E-state index in [0.717, 1.165) is 0 Å². The Hall–Kier alpha value is -3.56. The molecule has 4 rings (SSSR count). The Morgan fingerprint density at radius 1 is 1.15 bits per heavy atom. The lowest BCUT2D eigenvalue weighted by Crippen LogP contribution is -2.43. The molecule has 1 fully saturated rings. The van der Waals surface area contributed by atoms with Crippen molar-refractivity contribution in [3.8, 4) is 17.0 Å². The molecule has 1 aliphatic rings. The van der Waals surface area contributed by atoms with Crippen LogP contribution in [0, 0.1) is 5.82 Å². The van der Waals surface area contributed by atoms with Crippen LogP contribution in [-0.4, -0.2) is 56.5 Å². The fourth-order valence-electron chi connectivity index (χ4n) is 3.90. The molecule has 0 radical (unpaired) electrons. The van der Waals surface area contributed by atoms with Crippen LogP contribution in [0.4, 0.5) is 9.18 Å². The number of carbonyl (C=O) groups excluding carboxylic acids is 1. The minimum atomic E-state index is -0.656. The molecule has 9 nitrogen and oxygen atoms in total. The summed E-state index contributed by atoms with van der Waals surface area (Å²) in [6, 6.07) is 4.39. The number of rotatable bonds is 3. The number of carbonyl (C=O) groups is 1. The minimum Gasteiger partial charge on any atom is -0.480 e. The van der Waals surface area contributed by atoms with Crippen molar-refractivity contribution >= 4 is 17.0 Å². The van der Waals surface area contributed by atoms with Gasteiger partial charge in [-0.1, -0.05) is 0 Å². The Bertz CT molecular complexity index is 1250. The number of piperidine rings is 1. The molecule has 3 aromatic rings. The molecule has 0 spiro atoms. The van der Waals surface area contributed by atoms with Crippen molar-refractivity contribution in [2.75, 3.05) is 20.2 Å². The van der Waals surface area contributed by atoms with Gasteiger partial charge in [0, 0.05) is 30.8 Å². The molecular formula is C23H26FN5O4. The number of benzene rings is 1. The Labute approximate surface area is 190 Å². The Kier molecular flexibility index (Phi) is 6.01. The second-order valence-electron chi connectivity index (χ2n) is 8.99. The first-order valence-electron chi connectivity index (χ1n) is 10.7. The maximum absolute atomic E-state index is 15.1. The van der Waals surface area contributed by atoms with E-state index in [-0.39, 0.29) is 23.0 Å². The van der Waals surface area contributed by atoms with Gasteiger partial charge in [0.05, 0.1) is 25.2 Å². The molecule has 0 atom stereocenters. The van der Waals surface area contributed by atoms with Crippen molar-refractivity contribution in [1.82, 2.24) is 24.6 Å². The number of methoxy groups -OCH3 is 1. The zero-order valence-corrected chi connectivity index (χ0v) is 19.0. The van der Waals surface area contributed by atoms with E-state index in [1.54, 1.807) is 17.0 Å². The molecule has 3 heterocycles. The second kappa shape index (κ2) is 8.76. The van der Waals surface area contributed by atoms with E-state index >= 15 is 4.39 Å². The Morgan fingerprint density at radius 3 is 2.55 bits per heavy atom. The second-order valence-corrected chi connectivity index (χ2v) is 8.99. The van der Waals surface area contributed by atoms with E-state index in [0.29, 0.717) is 42.9 Å². The number of likely N-dealkylation sites (tertiary alicyclic amines) is 1. The van der Waals surface area contributed by atoms with Crippen LogP contribution in [-0.2, 0) is 4.74 Å². The summed E-state index contributed by atoms with van der Waals surface area (Å²) in [5.41, 5.74) is 0.367. The predicted molar refractivity (Wildman–Crippen MR) is 120 cm³/mol. The number of fused-ring (bicyclic) bond motifs is 1. The highest BCUT2D eigenvalue weighted by Gasteiger charge is 2.28. The number of hydrogen-bond acceptors (Lipinski definition) is 7. The maximum atomic E-state index is 15.1. The lowest BCUT2D eigenvalue weighted by atomic mass is 10.0. The van der Waals surface area contributed by atoms with E-state index in [9.17, 15) is 9.59 Å². The molecule has 1 saturated heterocycles. The van der Waals surface area contributed by atoms with Gasteiger partial charge in [0.2, 0.25) is 5.88 Å². The number of nitrogens with zero attached hydrogens (tertiary/aromatic N) is 5. The molecule has 0 aliphatic carbocycles. The minimum absolute atomic E-state index is 0.0650. The Morgan fingerprint density at radius 2 is 1.88 bits per heavy atom. The van der Waals surface area contributed by atoms with Gasteiger partial charge in [0.15, 0.2) is 0 Å². The van der Waals surface area contributed by atoms with Gasteiger partial charge >= 0.3 is 6.09 Å². The van der Waals surface area contributed by atoms with E-state index in [4.69, 9.17) is 9.47 Å². The van der Waals surface area contributed by atoms with Crippen LogP contribution in [0.5, 0.6) is 5.88 Å². The highest BCUT2D eigenvalue weighted by Crippen LogP contribution is 2.27. The highest BCUT2D eigenvalue weighted by molar-refractivity contribution is 5.84. The van der Waals surface area contributed by atoms with Gasteiger partial charge in [-0.15, -0.1) is 5.10 Å². The van der Waals surface area contributed by atoms with Crippen LogP contribution in [0.3, 0.4) is 0 Å². The fraction of sp³-hybridized carbons (Fsp3) is 0.435. The molecule has 174 valence electrons. The van der Waals surface area contributed by atoms with Crippen molar-refractivity contribution in [3.63, 3.8) is 0 Å². The summed E-state index contributed by atoms with van der Waals surface area (Å²) in [5.74, 6) is -0.356. The maximum Gasteiger partial charge on any atom is 0.410 e. The van der Waals surface area contributed by atoms with Crippen LogP contribution in [0.15, 0.2) is 35.5 Å². The van der Waals surface area contributed by atoms with Crippen LogP contribution in [0.25, 0.3) is 22.0 Å². The van der Waals surface area contributed by atoms with Crippen molar-refractivity contribution in [2.45, 2.75) is 45.3 Å². The largest absolute Gasteiger partial charge is 0.480 e. The zero-order chi connectivity index (χ0) is 23.8. The SMILES string of the molecule is COc1cc(-c2cc(F)c3c(=O)n(C4CCN(C(=O)OC(C)(C)C)CC4)cnc3c2)cnn1. The van der Waals surface area contributed by atoms with Crippen LogP contribution in [0.1, 0.15) is 39.7 Å². The first kappa shape index (κ1) is 22.6. The van der Waals surface area contributed by atoms with Crippen molar-refractivity contribution in [2.24, 2.45) is 0 Å². The number of halogens is 1. The van der Waals surface area contributed by atoms with Gasteiger partial charge in [0.1, 0.15) is 16.8 Å². The summed E-state index contributed by atoms with van der Waals surface area (Å²) < 4.78 is 27.0. The van der Waals surface area contributed by atoms with E-state index in [1.807, 2.05) is 20.8 Å². The average Bonchev–Trinajstić information content (AvgIpc) is 2.78. The predicted octanol–water partition coefficient (Wildman–Crippen LogP) is 3.57. The van der Waals surface area contributed by atoms with E-state index in [2.05, 4.69) is 15.2 Å². The fourth-order valence-corrected chi connectivity index (χ4v) is 3.90. The molecule has 10 heteroatoms. The zero-order valence-electron chi connectivity index (χ0n) is 19.0. The molecule has 2 aromatic heterocycles. The van der Waals surface area contributed by atoms with Crippen LogP contribution in [0.2, 0.25) is 0 Å². The summed E-state index contributed by atoms with van der Waals surface area (Å²) in [6.07, 6.45) is 3.67. The van der Waals surface area contributed by atoms with E-state index in [1.165, 1.54) is 30.3 Å². The van der Waals surface area contributed by atoms with Crippen LogP contribution < -0.4 is 10.3 Å². The molecule has 0 N–H and O–H groups in total. The van der Waals surface area contributed by atoms with Gasteiger partial charge < -0.3 is 14.4 Å². The number of aromatic nitrogens is 4. The molecule has 0 unspecified atom stereocenters. The van der Waals surface area contributed by atoms with Gasteiger partial charge in [-0.05, 0) is 51.3 Å². The number of amides is 1.